The second-order valence-corrected chi connectivity index (χ2v) is 7.05. The lowest BCUT2D eigenvalue weighted by molar-refractivity contribution is 0.133. The van der Waals surface area contributed by atoms with E-state index in [1.807, 2.05) is 29.7 Å². The minimum absolute atomic E-state index is 0.246. The minimum atomic E-state index is -0.607. The molecule has 1 aliphatic heterocycles. The highest BCUT2D eigenvalue weighted by molar-refractivity contribution is 5.34. The molecule has 0 amide bonds. The molecule has 0 fully saturated rings. The van der Waals surface area contributed by atoms with E-state index >= 15 is 0 Å². The first-order valence-electron chi connectivity index (χ1n) is 8.91. The van der Waals surface area contributed by atoms with Gasteiger partial charge in [0.25, 0.3) is 0 Å². The third-order valence-corrected chi connectivity index (χ3v) is 4.67. The fourth-order valence-corrected chi connectivity index (χ4v) is 3.40. The molecule has 1 aliphatic rings. The average Bonchev–Trinajstić information content (AvgIpc) is 2.89. The topological polar surface area (TPSA) is 53.8 Å². The Morgan fingerprint density at radius 1 is 1.35 bits per heavy atom. The number of aromatic nitrogens is 2. The lowest BCUT2D eigenvalue weighted by atomic mass is 10.1. The summed E-state index contributed by atoms with van der Waals surface area (Å²) in [5.74, 6) is 0.328. The zero-order valence-corrected chi connectivity index (χ0v) is 15.7. The number of nitrogens with zero attached hydrogens (tertiary/aromatic N) is 4. The first-order chi connectivity index (χ1) is 12.5. The maximum atomic E-state index is 14.3. The molecule has 1 atom stereocenters. The van der Waals surface area contributed by atoms with Gasteiger partial charge in [0.2, 0.25) is 0 Å². The van der Waals surface area contributed by atoms with E-state index in [0.29, 0.717) is 36.6 Å². The van der Waals surface area contributed by atoms with E-state index in [9.17, 15) is 9.50 Å². The summed E-state index contributed by atoms with van der Waals surface area (Å²) in [6, 6.07) is 6.88. The van der Waals surface area contributed by atoms with Crippen molar-refractivity contribution in [3.8, 4) is 5.75 Å². The molecule has 2 aromatic rings. The number of likely N-dealkylation sites (N-methyl/N-ethyl adjacent to an activating group) is 1. The van der Waals surface area contributed by atoms with Crippen LogP contribution in [0.5, 0.6) is 5.75 Å². The first kappa shape index (κ1) is 18.8. The van der Waals surface area contributed by atoms with Crippen molar-refractivity contribution in [2.45, 2.75) is 32.2 Å². The third kappa shape index (κ3) is 4.23. The van der Waals surface area contributed by atoms with Gasteiger partial charge in [-0.1, -0.05) is 6.07 Å². The van der Waals surface area contributed by atoms with Crippen LogP contribution in [0.2, 0.25) is 0 Å². The van der Waals surface area contributed by atoms with Crippen LogP contribution in [-0.4, -0.2) is 59.0 Å². The summed E-state index contributed by atoms with van der Waals surface area (Å²) >= 11 is 0. The molecule has 0 unspecified atom stereocenters. The molecule has 0 saturated heterocycles. The number of aliphatic hydroxyl groups is 1. The van der Waals surface area contributed by atoms with E-state index in [4.69, 9.17) is 4.74 Å². The molecule has 2 heterocycles. The van der Waals surface area contributed by atoms with Crippen LogP contribution in [0.4, 0.5) is 4.39 Å². The summed E-state index contributed by atoms with van der Waals surface area (Å²) in [5.41, 5.74) is 2.32. The van der Waals surface area contributed by atoms with Crippen molar-refractivity contribution in [3.05, 3.63) is 47.0 Å². The number of hydrogen-bond donors (Lipinski definition) is 1. The van der Waals surface area contributed by atoms with Crippen molar-refractivity contribution in [1.82, 2.24) is 19.6 Å². The number of fused-ring (bicyclic) bond motifs is 1. The number of rotatable bonds is 6. The van der Waals surface area contributed by atoms with Crippen molar-refractivity contribution in [1.29, 1.82) is 0 Å². The lowest BCUT2D eigenvalue weighted by Gasteiger charge is -2.21. The molecule has 0 spiro atoms. The number of ether oxygens (including phenoxy) is 1. The average molecular weight is 362 g/mol. The van der Waals surface area contributed by atoms with Crippen LogP contribution in [0.3, 0.4) is 0 Å². The summed E-state index contributed by atoms with van der Waals surface area (Å²) in [6.07, 6.45) is 0.318. The van der Waals surface area contributed by atoms with Crippen molar-refractivity contribution in [2.24, 2.45) is 0 Å². The Labute approximate surface area is 153 Å². The molecule has 1 aromatic heterocycles. The highest BCUT2D eigenvalue weighted by Crippen LogP contribution is 2.25. The Morgan fingerprint density at radius 3 is 2.88 bits per heavy atom. The number of methoxy groups -OCH3 is 1. The zero-order chi connectivity index (χ0) is 18.7. The quantitative estimate of drug-likeness (QED) is 0.852. The van der Waals surface area contributed by atoms with Gasteiger partial charge in [-0.3, -0.25) is 9.58 Å². The molecule has 142 valence electrons. The molecule has 0 bridgehead atoms. The van der Waals surface area contributed by atoms with Gasteiger partial charge in [-0.2, -0.15) is 5.10 Å². The number of benzene rings is 1. The SMILES string of the molecule is COc1cccc(F)c1CN1CCCn2nc([C@@H](O)CN(C)C)cc2C1. The molecule has 0 saturated carbocycles. The first-order valence-corrected chi connectivity index (χ1v) is 8.91. The van der Waals surface area contributed by atoms with Crippen LogP contribution in [0.1, 0.15) is 29.5 Å². The second kappa shape index (κ2) is 8.16. The van der Waals surface area contributed by atoms with Crippen LogP contribution >= 0.6 is 0 Å². The van der Waals surface area contributed by atoms with E-state index in [-0.39, 0.29) is 5.82 Å². The van der Waals surface area contributed by atoms with Gasteiger partial charge in [0, 0.05) is 38.3 Å². The van der Waals surface area contributed by atoms with Crippen LogP contribution in [0.15, 0.2) is 24.3 Å². The predicted molar refractivity (Wildman–Crippen MR) is 97.4 cm³/mol. The zero-order valence-electron chi connectivity index (χ0n) is 15.7. The van der Waals surface area contributed by atoms with Crippen LogP contribution in [-0.2, 0) is 19.6 Å². The van der Waals surface area contributed by atoms with Crippen molar-refractivity contribution >= 4 is 0 Å². The molecular formula is C19H27FN4O2. The van der Waals surface area contributed by atoms with Gasteiger partial charge in [0.1, 0.15) is 17.7 Å². The van der Waals surface area contributed by atoms with E-state index in [0.717, 1.165) is 25.2 Å². The summed E-state index contributed by atoms with van der Waals surface area (Å²) in [5, 5.41) is 14.9. The maximum Gasteiger partial charge on any atom is 0.131 e. The van der Waals surface area contributed by atoms with Crippen molar-refractivity contribution < 1.29 is 14.2 Å². The van der Waals surface area contributed by atoms with E-state index in [1.54, 1.807) is 19.2 Å². The number of halogens is 1. The van der Waals surface area contributed by atoms with E-state index in [1.165, 1.54) is 6.07 Å². The predicted octanol–water partition coefficient (Wildman–Crippen LogP) is 2.03. The maximum absolute atomic E-state index is 14.3. The van der Waals surface area contributed by atoms with Gasteiger partial charge in [0.05, 0.1) is 18.5 Å². The Kier molecular flexibility index (Phi) is 5.90. The highest BCUT2D eigenvalue weighted by Gasteiger charge is 2.22. The Hall–Kier alpha value is -1.96. The highest BCUT2D eigenvalue weighted by atomic mass is 19.1. The minimum Gasteiger partial charge on any atom is -0.496 e. The second-order valence-electron chi connectivity index (χ2n) is 7.05. The van der Waals surface area contributed by atoms with Gasteiger partial charge >= 0.3 is 0 Å². The molecule has 1 aromatic carbocycles. The smallest absolute Gasteiger partial charge is 0.131 e. The standard InChI is InChI=1S/C19H27FN4O2/c1-22(2)13-18(25)17-10-14-11-23(8-5-9-24(14)21-17)12-15-16(20)6-4-7-19(15)26-3/h4,6-7,10,18,25H,5,8-9,11-13H2,1-3H3/t18-/m0/s1. The monoisotopic (exact) mass is 362 g/mol. The third-order valence-electron chi connectivity index (χ3n) is 4.67. The molecular weight excluding hydrogens is 335 g/mol. The Bertz CT molecular complexity index is 747. The van der Waals surface area contributed by atoms with Gasteiger partial charge in [0.15, 0.2) is 0 Å². The molecule has 1 N–H and O–H groups in total. The van der Waals surface area contributed by atoms with Crippen molar-refractivity contribution in [2.75, 3.05) is 34.3 Å². The van der Waals surface area contributed by atoms with Gasteiger partial charge in [-0.15, -0.1) is 0 Å². The van der Waals surface area contributed by atoms with Gasteiger partial charge in [-0.25, -0.2) is 4.39 Å². The van der Waals surface area contributed by atoms with Crippen LogP contribution < -0.4 is 4.74 Å². The molecule has 3 rings (SSSR count). The van der Waals surface area contributed by atoms with E-state index < -0.39 is 6.10 Å². The molecule has 26 heavy (non-hydrogen) atoms. The summed E-state index contributed by atoms with van der Waals surface area (Å²) in [4.78, 5) is 4.13. The largest absolute Gasteiger partial charge is 0.496 e. The lowest BCUT2D eigenvalue weighted by Crippen LogP contribution is -2.23. The van der Waals surface area contributed by atoms with Gasteiger partial charge in [-0.05, 0) is 38.7 Å². The number of aryl methyl sites for hydroxylation is 1. The van der Waals surface area contributed by atoms with E-state index in [2.05, 4.69) is 10.00 Å². The van der Waals surface area contributed by atoms with Crippen LogP contribution in [0, 0.1) is 5.82 Å². The number of aliphatic hydroxyl groups excluding tert-OH is 1. The summed E-state index contributed by atoms with van der Waals surface area (Å²) < 4.78 is 21.5. The van der Waals surface area contributed by atoms with Gasteiger partial charge < -0.3 is 14.7 Å². The van der Waals surface area contributed by atoms with Crippen LogP contribution in [0.25, 0.3) is 0 Å². The summed E-state index contributed by atoms with van der Waals surface area (Å²) in [7, 11) is 5.41. The summed E-state index contributed by atoms with van der Waals surface area (Å²) in [6.45, 7) is 3.34. The molecule has 7 heteroatoms. The number of hydrogen-bond acceptors (Lipinski definition) is 5. The molecule has 0 radical (unpaired) electrons. The molecule has 6 nitrogen and oxygen atoms in total. The Balaban J connectivity index is 1.77. The fourth-order valence-electron chi connectivity index (χ4n) is 3.40. The van der Waals surface area contributed by atoms with Crippen molar-refractivity contribution in [3.63, 3.8) is 0 Å². The Morgan fingerprint density at radius 2 is 2.15 bits per heavy atom. The normalized spacial score (nSPS) is 16.4. The fraction of sp³-hybridized carbons (Fsp3) is 0.526. The molecule has 0 aliphatic carbocycles.